The lowest BCUT2D eigenvalue weighted by atomic mass is 10.2. The van der Waals surface area contributed by atoms with Gasteiger partial charge in [-0.2, -0.15) is 0 Å². The molecule has 2 aromatic rings. The third-order valence-corrected chi connectivity index (χ3v) is 3.47. The van der Waals surface area contributed by atoms with Crippen LogP contribution in [-0.2, 0) is 9.53 Å². The second kappa shape index (κ2) is 7.53. The number of fused-ring (bicyclic) bond motifs is 1. The number of nitrogens with one attached hydrogen (secondary N) is 1. The summed E-state index contributed by atoms with van der Waals surface area (Å²) in [6.45, 7) is 2.25. The summed E-state index contributed by atoms with van der Waals surface area (Å²) in [4.78, 5) is 23.8. The summed E-state index contributed by atoms with van der Waals surface area (Å²) in [7, 11) is 0. The molecule has 0 radical (unpaired) electrons. The Labute approximate surface area is 145 Å². The van der Waals surface area contributed by atoms with E-state index in [0.29, 0.717) is 29.4 Å². The van der Waals surface area contributed by atoms with Crippen molar-refractivity contribution in [3.63, 3.8) is 0 Å². The van der Waals surface area contributed by atoms with Crippen LogP contribution in [0.4, 0.5) is 5.69 Å². The van der Waals surface area contributed by atoms with Crippen LogP contribution in [0.25, 0.3) is 6.08 Å². The van der Waals surface area contributed by atoms with Gasteiger partial charge in [-0.1, -0.05) is 12.1 Å². The number of hydrogen-bond donors (Lipinski definition) is 1. The molecule has 6 nitrogen and oxygen atoms in total. The van der Waals surface area contributed by atoms with E-state index in [0.717, 1.165) is 5.56 Å². The lowest BCUT2D eigenvalue weighted by Gasteiger charge is -2.05. The van der Waals surface area contributed by atoms with Crippen LogP contribution in [0.1, 0.15) is 22.8 Å². The van der Waals surface area contributed by atoms with Crippen molar-refractivity contribution in [2.45, 2.75) is 6.92 Å². The zero-order chi connectivity index (χ0) is 17.6. The first-order valence-electron chi connectivity index (χ1n) is 7.81. The fourth-order valence-corrected chi connectivity index (χ4v) is 2.31. The first-order valence-corrected chi connectivity index (χ1v) is 7.81. The molecule has 1 aliphatic rings. The Kier molecular flexibility index (Phi) is 4.99. The van der Waals surface area contributed by atoms with Gasteiger partial charge in [0.25, 0.3) is 0 Å². The fraction of sp³-hybridized carbons (Fsp3) is 0.158. The second-order valence-electron chi connectivity index (χ2n) is 5.24. The number of benzene rings is 2. The number of esters is 1. The molecule has 6 heteroatoms. The maximum atomic E-state index is 12.1. The maximum absolute atomic E-state index is 12.1. The minimum absolute atomic E-state index is 0.208. The van der Waals surface area contributed by atoms with Crippen molar-refractivity contribution in [3.8, 4) is 11.5 Å². The number of amides is 1. The van der Waals surface area contributed by atoms with Gasteiger partial charge in [0.2, 0.25) is 12.7 Å². The molecule has 25 heavy (non-hydrogen) atoms. The normalized spacial score (nSPS) is 12.2. The Bertz CT molecular complexity index is 828. The SMILES string of the molecule is CCOC(=O)c1cccc(NC(=O)C=Cc2ccc3c(c2)OCO3)c1. The van der Waals surface area contributed by atoms with Crippen LogP contribution in [0.15, 0.2) is 48.5 Å². The van der Waals surface area contributed by atoms with Crippen LogP contribution in [0.3, 0.4) is 0 Å². The molecule has 0 saturated carbocycles. The van der Waals surface area contributed by atoms with Crippen LogP contribution >= 0.6 is 0 Å². The highest BCUT2D eigenvalue weighted by Crippen LogP contribution is 2.32. The highest BCUT2D eigenvalue weighted by molar-refractivity contribution is 6.02. The van der Waals surface area contributed by atoms with Gasteiger partial charge < -0.3 is 19.5 Å². The Hall–Kier alpha value is -3.28. The van der Waals surface area contributed by atoms with Crippen molar-refractivity contribution < 1.29 is 23.8 Å². The lowest BCUT2D eigenvalue weighted by molar-refractivity contribution is -0.111. The Morgan fingerprint density at radius 2 is 2.00 bits per heavy atom. The summed E-state index contributed by atoms with van der Waals surface area (Å²) >= 11 is 0. The summed E-state index contributed by atoms with van der Waals surface area (Å²) in [5, 5.41) is 2.71. The van der Waals surface area contributed by atoms with Crippen molar-refractivity contribution in [1.82, 2.24) is 0 Å². The molecule has 1 amide bonds. The zero-order valence-corrected chi connectivity index (χ0v) is 13.7. The van der Waals surface area contributed by atoms with Gasteiger partial charge in [0, 0.05) is 11.8 Å². The minimum atomic E-state index is -0.422. The molecule has 1 aliphatic heterocycles. The van der Waals surface area contributed by atoms with Gasteiger partial charge >= 0.3 is 5.97 Å². The molecule has 1 N–H and O–H groups in total. The fourth-order valence-electron chi connectivity index (χ4n) is 2.31. The minimum Gasteiger partial charge on any atom is -0.462 e. The number of ether oxygens (including phenoxy) is 3. The molecule has 0 unspecified atom stereocenters. The molecule has 0 aliphatic carbocycles. The summed E-state index contributed by atoms with van der Waals surface area (Å²) in [6.07, 6.45) is 3.08. The van der Waals surface area contributed by atoms with E-state index in [2.05, 4.69) is 5.32 Å². The van der Waals surface area contributed by atoms with Gasteiger partial charge in [-0.25, -0.2) is 4.79 Å². The molecule has 1 heterocycles. The molecule has 128 valence electrons. The van der Waals surface area contributed by atoms with E-state index in [-0.39, 0.29) is 12.7 Å². The molecule has 3 rings (SSSR count). The van der Waals surface area contributed by atoms with Crippen molar-refractivity contribution in [2.24, 2.45) is 0 Å². The largest absolute Gasteiger partial charge is 0.462 e. The van der Waals surface area contributed by atoms with Crippen LogP contribution in [0, 0.1) is 0 Å². The predicted octanol–water partition coefficient (Wildman–Crippen LogP) is 3.24. The summed E-state index contributed by atoms with van der Waals surface area (Å²) in [5.74, 6) is 0.621. The number of carbonyl (C=O) groups is 2. The Balaban J connectivity index is 1.64. The van der Waals surface area contributed by atoms with Gasteiger partial charge in [-0.15, -0.1) is 0 Å². The van der Waals surface area contributed by atoms with E-state index in [9.17, 15) is 9.59 Å². The molecule has 0 saturated heterocycles. The van der Waals surface area contributed by atoms with E-state index in [1.54, 1.807) is 49.4 Å². The summed E-state index contributed by atoms with van der Waals surface area (Å²) in [5.41, 5.74) is 1.73. The van der Waals surface area contributed by atoms with Crippen LogP contribution in [-0.4, -0.2) is 25.3 Å². The highest BCUT2D eigenvalue weighted by Gasteiger charge is 2.12. The van der Waals surface area contributed by atoms with E-state index in [1.807, 2.05) is 6.07 Å². The van der Waals surface area contributed by atoms with Gasteiger partial charge in [-0.05, 0) is 48.9 Å². The van der Waals surface area contributed by atoms with Crippen molar-refractivity contribution in [1.29, 1.82) is 0 Å². The molecular weight excluding hydrogens is 322 g/mol. The topological polar surface area (TPSA) is 73.9 Å². The van der Waals surface area contributed by atoms with Crippen molar-refractivity contribution >= 4 is 23.6 Å². The van der Waals surface area contributed by atoms with E-state index in [4.69, 9.17) is 14.2 Å². The number of hydrogen-bond acceptors (Lipinski definition) is 5. The first-order chi connectivity index (χ1) is 12.2. The third kappa shape index (κ3) is 4.17. The van der Waals surface area contributed by atoms with Gasteiger partial charge in [0.15, 0.2) is 11.5 Å². The zero-order valence-electron chi connectivity index (χ0n) is 13.7. The molecule has 0 bridgehead atoms. The molecule has 0 atom stereocenters. The van der Waals surface area contributed by atoms with Gasteiger partial charge in [0.1, 0.15) is 0 Å². The van der Waals surface area contributed by atoms with E-state index in [1.165, 1.54) is 6.08 Å². The molecule has 0 fully saturated rings. The molecule has 2 aromatic carbocycles. The van der Waals surface area contributed by atoms with E-state index >= 15 is 0 Å². The Morgan fingerprint density at radius 1 is 1.16 bits per heavy atom. The Morgan fingerprint density at radius 3 is 2.84 bits per heavy atom. The number of anilines is 1. The van der Waals surface area contributed by atoms with Crippen LogP contribution < -0.4 is 14.8 Å². The van der Waals surface area contributed by atoms with E-state index < -0.39 is 5.97 Å². The molecule has 0 spiro atoms. The number of carbonyl (C=O) groups excluding carboxylic acids is 2. The van der Waals surface area contributed by atoms with Crippen LogP contribution in [0.2, 0.25) is 0 Å². The predicted molar refractivity (Wildman–Crippen MR) is 92.6 cm³/mol. The second-order valence-corrected chi connectivity index (χ2v) is 5.24. The number of rotatable bonds is 5. The third-order valence-electron chi connectivity index (χ3n) is 3.47. The van der Waals surface area contributed by atoms with Gasteiger partial charge in [0.05, 0.1) is 12.2 Å². The smallest absolute Gasteiger partial charge is 0.338 e. The molecule has 0 aromatic heterocycles. The summed E-state index contributed by atoms with van der Waals surface area (Å²) < 4.78 is 15.5. The standard InChI is InChI=1S/C19H17NO5/c1-2-23-19(22)14-4-3-5-15(11-14)20-18(21)9-7-13-6-8-16-17(10-13)25-12-24-16/h3-11H,2,12H2,1H3,(H,20,21). The van der Waals surface area contributed by atoms with Crippen LogP contribution in [0.5, 0.6) is 11.5 Å². The summed E-state index contributed by atoms with van der Waals surface area (Å²) in [6, 6.07) is 12.0. The van der Waals surface area contributed by atoms with Crippen molar-refractivity contribution in [3.05, 3.63) is 59.7 Å². The quantitative estimate of drug-likeness (QED) is 0.669. The average Bonchev–Trinajstić information content (AvgIpc) is 3.08. The first kappa shape index (κ1) is 16.6. The average molecular weight is 339 g/mol. The lowest BCUT2D eigenvalue weighted by Crippen LogP contribution is -2.09. The van der Waals surface area contributed by atoms with Crippen molar-refractivity contribution in [2.75, 3.05) is 18.7 Å². The van der Waals surface area contributed by atoms with Gasteiger partial charge in [-0.3, -0.25) is 4.79 Å². The highest BCUT2D eigenvalue weighted by atomic mass is 16.7. The molecular formula is C19H17NO5. The monoisotopic (exact) mass is 339 g/mol. The maximum Gasteiger partial charge on any atom is 0.338 e.